The van der Waals surface area contributed by atoms with E-state index in [0.29, 0.717) is 11.0 Å². The number of aromatic nitrogens is 2. The molecule has 2 aromatic rings. The molecule has 2 heterocycles. The average Bonchev–Trinajstić information content (AvgIpc) is 3.02. The van der Waals surface area contributed by atoms with Gasteiger partial charge in [0.05, 0.1) is 21.8 Å². The number of imidazole rings is 1. The number of fused-ring (bicyclic) bond motifs is 1. The molecule has 1 aliphatic rings. The summed E-state index contributed by atoms with van der Waals surface area (Å²) in [6, 6.07) is 3.08. The number of aliphatic carboxylic acids is 1. The first kappa shape index (κ1) is 14.2. The number of benzene rings is 1. The van der Waals surface area contributed by atoms with Gasteiger partial charge in [0.1, 0.15) is 6.04 Å². The van der Waals surface area contributed by atoms with E-state index in [1.165, 1.54) is 30.0 Å². The van der Waals surface area contributed by atoms with E-state index in [0.717, 1.165) is 4.31 Å². The first-order valence-electron chi connectivity index (χ1n) is 5.94. The molecule has 1 saturated heterocycles. The van der Waals surface area contributed by atoms with E-state index in [-0.39, 0.29) is 16.5 Å². The van der Waals surface area contributed by atoms with Gasteiger partial charge in [-0.1, -0.05) is 0 Å². The van der Waals surface area contributed by atoms with Crippen LogP contribution in [0.3, 0.4) is 0 Å². The summed E-state index contributed by atoms with van der Waals surface area (Å²) in [7, 11) is -3.92. The number of H-pyrrole nitrogens is 2. The lowest BCUT2D eigenvalue weighted by atomic mass is 10.3. The number of aromatic amines is 2. The molecule has 8 nitrogen and oxygen atoms in total. The quantitative estimate of drug-likeness (QED) is 0.728. The second kappa shape index (κ2) is 4.90. The highest BCUT2D eigenvalue weighted by molar-refractivity contribution is 8.00. The molecule has 0 amide bonds. The van der Waals surface area contributed by atoms with E-state index >= 15 is 0 Å². The Hall–Kier alpha value is -1.78. The highest BCUT2D eigenvalue weighted by Gasteiger charge is 2.40. The van der Waals surface area contributed by atoms with E-state index in [2.05, 4.69) is 9.97 Å². The van der Waals surface area contributed by atoms with E-state index in [9.17, 15) is 18.0 Å². The van der Waals surface area contributed by atoms with E-state index in [1.807, 2.05) is 0 Å². The van der Waals surface area contributed by atoms with Gasteiger partial charge >= 0.3 is 11.7 Å². The van der Waals surface area contributed by atoms with Crippen LogP contribution in [0, 0.1) is 0 Å². The molecule has 1 aliphatic heterocycles. The number of nitrogens with one attached hydrogen (secondary N) is 2. The van der Waals surface area contributed by atoms with Crippen molar-refractivity contribution in [1.29, 1.82) is 0 Å². The lowest BCUT2D eigenvalue weighted by Crippen LogP contribution is -2.41. The van der Waals surface area contributed by atoms with Crippen molar-refractivity contribution in [2.75, 3.05) is 11.6 Å². The van der Waals surface area contributed by atoms with Crippen molar-refractivity contribution in [1.82, 2.24) is 14.3 Å². The summed E-state index contributed by atoms with van der Waals surface area (Å²) in [6.45, 7) is 0. The van der Waals surface area contributed by atoms with Crippen molar-refractivity contribution in [3.63, 3.8) is 0 Å². The van der Waals surface area contributed by atoms with Crippen LogP contribution in [0.1, 0.15) is 0 Å². The number of thioether (sulfide) groups is 1. The maximum Gasteiger partial charge on any atom is 0.323 e. The summed E-state index contributed by atoms with van der Waals surface area (Å²) in [5.74, 6) is -0.849. The Morgan fingerprint density at radius 2 is 2.05 bits per heavy atom. The molecule has 1 atom stereocenters. The zero-order valence-corrected chi connectivity index (χ0v) is 12.2. The van der Waals surface area contributed by atoms with Gasteiger partial charge in [0.15, 0.2) is 0 Å². The minimum atomic E-state index is -3.92. The van der Waals surface area contributed by atoms with Gasteiger partial charge in [-0.3, -0.25) is 4.79 Å². The van der Waals surface area contributed by atoms with Crippen LogP contribution in [0.2, 0.25) is 0 Å². The van der Waals surface area contributed by atoms with Crippen molar-refractivity contribution in [2.24, 2.45) is 0 Å². The van der Waals surface area contributed by atoms with Gasteiger partial charge in [-0.05, 0) is 18.2 Å². The van der Waals surface area contributed by atoms with Crippen LogP contribution in [-0.2, 0) is 14.8 Å². The van der Waals surface area contributed by atoms with Crippen molar-refractivity contribution in [3.05, 3.63) is 28.7 Å². The number of hydrogen-bond donors (Lipinski definition) is 3. The molecule has 0 bridgehead atoms. The summed E-state index contributed by atoms with van der Waals surface area (Å²) in [6.07, 6.45) is 0. The number of nitrogens with zero attached hydrogens (tertiary/aromatic N) is 1. The number of hydrogen-bond acceptors (Lipinski definition) is 5. The lowest BCUT2D eigenvalue weighted by molar-refractivity contribution is -0.140. The van der Waals surface area contributed by atoms with Crippen molar-refractivity contribution in [3.8, 4) is 0 Å². The third kappa shape index (κ3) is 2.34. The Morgan fingerprint density at radius 3 is 2.76 bits per heavy atom. The van der Waals surface area contributed by atoms with Crippen LogP contribution in [0.5, 0.6) is 0 Å². The second-order valence-electron chi connectivity index (χ2n) is 4.53. The molecule has 1 aromatic carbocycles. The van der Waals surface area contributed by atoms with Gasteiger partial charge < -0.3 is 15.1 Å². The molecule has 0 radical (unpaired) electrons. The fourth-order valence-corrected chi connectivity index (χ4v) is 5.33. The fraction of sp³-hybridized carbons (Fsp3) is 0.273. The fourth-order valence-electron chi connectivity index (χ4n) is 2.17. The summed E-state index contributed by atoms with van der Waals surface area (Å²) in [5, 5.41) is 9.10. The molecule has 3 N–H and O–H groups in total. The second-order valence-corrected chi connectivity index (χ2v) is 7.42. The van der Waals surface area contributed by atoms with E-state index in [4.69, 9.17) is 5.11 Å². The summed E-state index contributed by atoms with van der Waals surface area (Å²) < 4.78 is 26.1. The molecule has 0 unspecified atom stereocenters. The summed E-state index contributed by atoms with van der Waals surface area (Å²) in [4.78, 5) is 27.3. The third-order valence-electron chi connectivity index (χ3n) is 3.22. The van der Waals surface area contributed by atoms with Crippen LogP contribution in [0.25, 0.3) is 11.0 Å². The van der Waals surface area contributed by atoms with Crippen LogP contribution < -0.4 is 5.69 Å². The van der Waals surface area contributed by atoms with Crippen LogP contribution in [0.15, 0.2) is 27.9 Å². The minimum absolute atomic E-state index is 0.0426. The third-order valence-corrected chi connectivity index (χ3v) is 6.25. The lowest BCUT2D eigenvalue weighted by Gasteiger charge is -2.19. The SMILES string of the molecule is O=C(O)[C@@H]1CSCN1S(=O)(=O)c1ccc2[nH]c(=O)[nH]c2c1. The maximum absolute atomic E-state index is 12.5. The number of carboxylic acids is 1. The minimum Gasteiger partial charge on any atom is -0.480 e. The predicted octanol–water partition coefficient (Wildman–Crippen LogP) is 0.00440. The highest BCUT2D eigenvalue weighted by Crippen LogP contribution is 2.29. The van der Waals surface area contributed by atoms with Gasteiger partial charge in [-0.25, -0.2) is 13.2 Å². The summed E-state index contributed by atoms with van der Waals surface area (Å²) in [5.41, 5.74) is 0.420. The largest absolute Gasteiger partial charge is 0.480 e. The molecule has 0 saturated carbocycles. The molecule has 21 heavy (non-hydrogen) atoms. The topological polar surface area (TPSA) is 123 Å². The normalized spacial score (nSPS) is 20.1. The molecule has 10 heteroatoms. The summed E-state index contributed by atoms with van der Waals surface area (Å²) >= 11 is 1.25. The Labute approximate surface area is 123 Å². The molecular formula is C11H11N3O5S2. The number of sulfonamides is 1. The average molecular weight is 329 g/mol. The van der Waals surface area contributed by atoms with Crippen LogP contribution in [-0.4, -0.2) is 51.4 Å². The first-order chi connectivity index (χ1) is 9.89. The molecule has 112 valence electrons. The first-order valence-corrected chi connectivity index (χ1v) is 8.53. The van der Waals surface area contributed by atoms with E-state index in [1.54, 1.807) is 0 Å². The van der Waals surface area contributed by atoms with Gasteiger partial charge in [-0.15, -0.1) is 11.8 Å². The number of carbonyl (C=O) groups is 1. The smallest absolute Gasteiger partial charge is 0.323 e. The standard InChI is InChI=1S/C11H11N3O5S2/c15-10(16)9-4-20-5-14(9)21(18,19)6-1-2-7-8(3-6)13-11(17)12-7/h1-3,9H,4-5H2,(H,15,16)(H2,12,13,17)/t9-/m0/s1. The molecule has 0 aliphatic carbocycles. The molecule has 0 spiro atoms. The highest BCUT2D eigenvalue weighted by atomic mass is 32.2. The van der Waals surface area contributed by atoms with E-state index < -0.39 is 27.7 Å². The Balaban J connectivity index is 2.07. The Morgan fingerprint density at radius 1 is 1.33 bits per heavy atom. The van der Waals surface area contributed by atoms with Gasteiger partial charge in [-0.2, -0.15) is 4.31 Å². The zero-order chi connectivity index (χ0) is 15.2. The zero-order valence-electron chi connectivity index (χ0n) is 10.6. The molecular weight excluding hydrogens is 318 g/mol. The molecule has 3 rings (SSSR count). The van der Waals surface area contributed by atoms with Gasteiger partial charge in [0, 0.05) is 5.75 Å². The van der Waals surface area contributed by atoms with Crippen molar-refractivity contribution in [2.45, 2.75) is 10.9 Å². The predicted molar refractivity (Wildman–Crippen MR) is 76.7 cm³/mol. The van der Waals surface area contributed by atoms with Crippen LogP contribution >= 0.6 is 11.8 Å². The molecule has 1 aromatic heterocycles. The van der Waals surface area contributed by atoms with Crippen LogP contribution in [0.4, 0.5) is 0 Å². The van der Waals surface area contributed by atoms with Crippen molar-refractivity contribution >= 4 is 38.8 Å². The monoisotopic (exact) mass is 329 g/mol. The molecule has 1 fully saturated rings. The maximum atomic E-state index is 12.5. The van der Waals surface area contributed by atoms with Crippen molar-refractivity contribution < 1.29 is 18.3 Å². The van der Waals surface area contributed by atoms with Gasteiger partial charge in [0.25, 0.3) is 0 Å². The Bertz CT molecular complexity index is 869. The number of carboxylic acid groups (broad SMARTS) is 1. The number of rotatable bonds is 3. The van der Waals surface area contributed by atoms with Gasteiger partial charge in [0.2, 0.25) is 10.0 Å². The Kier molecular flexibility index (Phi) is 3.30.